The summed E-state index contributed by atoms with van der Waals surface area (Å²) in [6.45, 7) is -0.212. The fourth-order valence-electron chi connectivity index (χ4n) is 3.46. The molecule has 3 amide bonds. The fourth-order valence-corrected chi connectivity index (χ4v) is 4.92. The van der Waals surface area contributed by atoms with Crippen LogP contribution in [0.3, 0.4) is 0 Å². The molecule has 0 aliphatic carbocycles. The number of guanidine groups is 1. The Hall–Kier alpha value is -3.38. The van der Waals surface area contributed by atoms with Gasteiger partial charge in [0.15, 0.2) is 11.1 Å². The number of nitroso groups, excluding NO2 is 1. The van der Waals surface area contributed by atoms with Gasteiger partial charge in [-0.05, 0) is 11.6 Å². The second kappa shape index (κ2) is 8.63. The molecule has 0 bridgehead atoms. The minimum Gasteiger partial charge on any atom is -0.375 e. The van der Waals surface area contributed by atoms with E-state index in [0.29, 0.717) is 0 Å². The molecule has 2 fully saturated rings. The van der Waals surface area contributed by atoms with Crippen molar-refractivity contribution < 1.29 is 27.4 Å². The van der Waals surface area contributed by atoms with Crippen LogP contribution < -0.4 is 22.5 Å². The van der Waals surface area contributed by atoms with Gasteiger partial charge in [0.2, 0.25) is 11.9 Å². The average Bonchev–Trinajstić information content (AvgIpc) is 3.25. The molecule has 16 nitrogen and oxygen atoms in total. The van der Waals surface area contributed by atoms with Crippen LogP contribution in [0.4, 0.5) is 5.13 Å². The Labute approximate surface area is 184 Å². The number of nitrogens with two attached hydrogens (primary N) is 3. The lowest BCUT2D eigenvalue weighted by Crippen LogP contribution is -2.74. The van der Waals surface area contributed by atoms with Gasteiger partial charge in [-0.2, -0.15) is 8.42 Å². The predicted molar refractivity (Wildman–Crippen MR) is 110 cm³/mol. The summed E-state index contributed by atoms with van der Waals surface area (Å²) in [5.74, 6) is -3.01. The highest BCUT2D eigenvalue weighted by atomic mass is 32.2. The van der Waals surface area contributed by atoms with Gasteiger partial charge in [0.1, 0.15) is 12.1 Å². The van der Waals surface area contributed by atoms with Crippen LogP contribution in [0.15, 0.2) is 15.5 Å². The molecule has 0 saturated carbocycles. The van der Waals surface area contributed by atoms with Gasteiger partial charge in [-0.15, -0.1) is 16.2 Å². The highest BCUT2D eigenvalue weighted by Gasteiger charge is 2.55. The van der Waals surface area contributed by atoms with Crippen LogP contribution in [0, 0.1) is 4.91 Å². The first kappa shape index (κ1) is 23.3. The van der Waals surface area contributed by atoms with E-state index in [9.17, 15) is 32.3 Å². The third-order valence-electron chi connectivity index (χ3n) is 4.87. The van der Waals surface area contributed by atoms with Crippen molar-refractivity contribution >= 4 is 50.5 Å². The highest BCUT2D eigenvalue weighted by molar-refractivity contribution is 7.84. The van der Waals surface area contributed by atoms with Crippen LogP contribution in [0.5, 0.6) is 0 Å². The number of nitrogens with one attached hydrogen (secondary N) is 1. The van der Waals surface area contributed by atoms with Gasteiger partial charge < -0.3 is 27.4 Å². The maximum Gasteiger partial charge on any atom is 0.362 e. The first-order chi connectivity index (χ1) is 14.9. The van der Waals surface area contributed by atoms with Crippen LogP contribution in [0.1, 0.15) is 18.2 Å². The molecule has 4 unspecified atom stereocenters. The van der Waals surface area contributed by atoms with Crippen molar-refractivity contribution in [3.05, 3.63) is 16.0 Å². The number of hydrogen-bond donors (Lipinski definition) is 5. The number of aromatic nitrogens is 1. The summed E-state index contributed by atoms with van der Waals surface area (Å²) in [5.41, 5.74) is 16.0. The molecule has 8 N–H and O–H groups in total. The van der Waals surface area contributed by atoms with Crippen molar-refractivity contribution in [3.63, 3.8) is 0 Å². The number of carbonyl (C=O) groups is 3. The molecule has 1 aromatic rings. The van der Waals surface area contributed by atoms with E-state index in [1.165, 1.54) is 10.3 Å². The molecule has 174 valence electrons. The number of nitrogen functional groups attached to an aromatic ring is 1. The molecule has 1 aromatic heterocycles. The summed E-state index contributed by atoms with van der Waals surface area (Å²) in [6.07, 6.45) is 0.239. The zero-order valence-corrected chi connectivity index (χ0v) is 17.8. The van der Waals surface area contributed by atoms with E-state index in [1.807, 2.05) is 0 Å². The van der Waals surface area contributed by atoms with E-state index in [1.54, 1.807) is 0 Å². The summed E-state index contributed by atoms with van der Waals surface area (Å²) in [7, 11) is -4.98. The molecule has 3 rings (SSSR count). The number of carbonyl (C=O) groups excluding carboxylic acids is 3. The van der Waals surface area contributed by atoms with E-state index in [2.05, 4.69) is 20.5 Å². The second-order valence-electron chi connectivity index (χ2n) is 6.93. The van der Waals surface area contributed by atoms with Crippen molar-refractivity contribution in [1.82, 2.24) is 19.5 Å². The number of anilines is 1. The van der Waals surface area contributed by atoms with Gasteiger partial charge in [0.05, 0.1) is 11.7 Å². The SMILES string of the molecule is NC(N)=NC1CCN(CC2C(NC(=O)C(N=O)c3csc(N)n3)C(=O)N2S(=O)(=O)O)C1=O. The molecule has 2 aliphatic heterocycles. The third-order valence-corrected chi connectivity index (χ3v) is 6.51. The molecule has 18 heteroatoms. The standard InChI is InChI=1S/C14H19N9O7S2/c15-13(16)18-5-1-2-22(11(5)25)3-7-9(12(26)23(7)32(28,29)30)20-10(24)8(21-27)6-4-31-14(17)19-6/h4-5,7-9H,1-3H2,(H2,17,19)(H,20,24)(H4,15,16,18)(H,28,29,30). The monoisotopic (exact) mass is 489 g/mol. The first-order valence-corrected chi connectivity index (χ1v) is 11.2. The number of likely N-dealkylation sites (tertiary alicyclic amines) is 1. The minimum absolute atomic E-state index is 0.0512. The Balaban J connectivity index is 1.78. The molecular weight excluding hydrogens is 470 g/mol. The Kier molecular flexibility index (Phi) is 6.28. The van der Waals surface area contributed by atoms with Crippen molar-refractivity contribution in [1.29, 1.82) is 0 Å². The molecule has 0 spiro atoms. The highest BCUT2D eigenvalue weighted by Crippen LogP contribution is 2.28. The number of rotatable bonds is 8. The van der Waals surface area contributed by atoms with Crippen molar-refractivity contribution in [2.75, 3.05) is 18.8 Å². The van der Waals surface area contributed by atoms with Crippen LogP contribution in [-0.2, 0) is 24.7 Å². The van der Waals surface area contributed by atoms with E-state index in [-0.39, 0.29) is 40.6 Å². The number of amides is 3. The van der Waals surface area contributed by atoms with Crippen LogP contribution >= 0.6 is 11.3 Å². The summed E-state index contributed by atoms with van der Waals surface area (Å²) in [4.78, 5) is 57.3. The smallest absolute Gasteiger partial charge is 0.362 e. The zero-order chi connectivity index (χ0) is 23.8. The average molecular weight is 489 g/mol. The van der Waals surface area contributed by atoms with Gasteiger partial charge in [0.25, 0.3) is 11.8 Å². The van der Waals surface area contributed by atoms with Crippen molar-refractivity contribution in [2.24, 2.45) is 21.6 Å². The van der Waals surface area contributed by atoms with Crippen LogP contribution in [0.25, 0.3) is 0 Å². The lowest BCUT2D eigenvalue weighted by atomic mass is 9.97. The van der Waals surface area contributed by atoms with Gasteiger partial charge in [-0.25, -0.2) is 14.3 Å². The summed E-state index contributed by atoms with van der Waals surface area (Å²) < 4.78 is 32.8. The van der Waals surface area contributed by atoms with E-state index in [4.69, 9.17) is 17.2 Å². The molecule has 0 aromatic carbocycles. The summed E-state index contributed by atoms with van der Waals surface area (Å²) in [5, 5.41) is 6.33. The summed E-state index contributed by atoms with van der Waals surface area (Å²) >= 11 is 0.962. The van der Waals surface area contributed by atoms with Gasteiger partial charge in [-0.3, -0.25) is 18.9 Å². The molecule has 0 radical (unpaired) electrons. The largest absolute Gasteiger partial charge is 0.375 e. The predicted octanol–water partition coefficient (Wildman–Crippen LogP) is -3.09. The van der Waals surface area contributed by atoms with Gasteiger partial charge in [0, 0.05) is 18.5 Å². The Morgan fingerprint density at radius 2 is 2.06 bits per heavy atom. The maximum absolute atomic E-state index is 12.5. The molecule has 4 atom stereocenters. The second-order valence-corrected chi connectivity index (χ2v) is 9.11. The zero-order valence-electron chi connectivity index (χ0n) is 16.2. The van der Waals surface area contributed by atoms with Gasteiger partial charge >= 0.3 is 10.3 Å². The first-order valence-electron chi connectivity index (χ1n) is 8.96. The quantitative estimate of drug-likeness (QED) is 0.0803. The lowest BCUT2D eigenvalue weighted by molar-refractivity contribution is -0.148. The maximum atomic E-state index is 12.5. The van der Waals surface area contributed by atoms with Crippen molar-refractivity contribution in [2.45, 2.75) is 30.6 Å². The topological polar surface area (TPSA) is 257 Å². The van der Waals surface area contributed by atoms with Crippen LogP contribution in [0.2, 0.25) is 0 Å². The molecule has 2 saturated heterocycles. The van der Waals surface area contributed by atoms with Crippen LogP contribution in [-0.4, -0.2) is 82.1 Å². The van der Waals surface area contributed by atoms with E-state index in [0.717, 1.165) is 11.3 Å². The number of nitrogens with zero attached hydrogens (tertiary/aromatic N) is 5. The molecule has 2 aliphatic rings. The Bertz CT molecular complexity index is 1080. The Morgan fingerprint density at radius 3 is 2.59 bits per heavy atom. The van der Waals surface area contributed by atoms with E-state index >= 15 is 0 Å². The number of aliphatic imine (C=N–C) groups is 1. The lowest BCUT2D eigenvalue weighted by Gasteiger charge is -2.45. The number of thiazole rings is 1. The molecule has 3 heterocycles. The van der Waals surface area contributed by atoms with E-state index < -0.39 is 52.2 Å². The fraction of sp³-hybridized carbons (Fsp3) is 0.500. The summed E-state index contributed by atoms with van der Waals surface area (Å²) in [6, 6.07) is -5.31. The van der Waals surface area contributed by atoms with Gasteiger partial charge in [-0.1, -0.05) is 0 Å². The Morgan fingerprint density at radius 1 is 1.38 bits per heavy atom. The molecule has 32 heavy (non-hydrogen) atoms. The normalized spacial score (nSPS) is 24.1. The molecular formula is C14H19N9O7S2. The number of hydrogen-bond acceptors (Lipinski definition) is 11. The minimum atomic E-state index is -4.98. The number of β-lactam (4-membered cyclic amide) rings is 1. The third kappa shape index (κ3) is 4.46. The van der Waals surface area contributed by atoms with Crippen molar-refractivity contribution in [3.8, 4) is 0 Å².